The Bertz CT molecular complexity index is 577. The lowest BCUT2D eigenvalue weighted by Crippen LogP contribution is -2.30. The minimum atomic E-state index is -0.752. The predicted molar refractivity (Wildman–Crippen MR) is 160 cm³/mol. The third-order valence-corrected chi connectivity index (χ3v) is 7.11. The molecule has 0 bridgehead atoms. The average Bonchev–Trinajstić information content (AvgIpc) is 2.93. The van der Waals surface area contributed by atoms with Crippen LogP contribution in [0.2, 0.25) is 0 Å². The summed E-state index contributed by atoms with van der Waals surface area (Å²) in [7, 11) is 0. The van der Waals surface area contributed by atoms with Crippen LogP contribution in [0, 0.1) is 0 Å². The fourth-order valence-corrected chi connectivity index (χ4v) is 4.56. The molecular weight excluding hydrogens is 492 g/mol. The van der Waals surface area contributed by atoms with Crippen LogP contribution >= 0.6 is 0 Å². The molecule has 0 heterocycles. The van der Waals surface area contributed by atoms with E-state index in [1.807, 2.05) is 0 Å². The molecule has 0 aliphatic heterocycles. The number of unbranched alkanes of at least 4 members (excludes halogenated alkanes) is 18. The zero-order chi connectivity index (χ0) is 28.8. The molecule has 0 radical (unpaired) electrons. The lowest BCUT2D eigenvalue weighted by molar-refractivity contribution is -0.167. The molecule has 0 saturated carbocycles. The fourth-order valence-electron chi connectivity index (χ4n) is 4.56. The van der Waals surface area contributed by atoms with E-state index in [1.165, 1.54) is 70.6 Å². The molecule has 0 rings (SSSR count). The van der Waals surface area contributed by atoms with Crippen LogP contribution in [0.3, 0.4) is 0 Å². The van der Waals surface area contributed by atoms with Gasteiger partial charge in [-0.3, -0.25) is 14.4 Å². The molecule has 0 aromatic heterocycles. The van der Waals surface area contributed by atoms with Crippen LogP contribution < -0.4 is 0 Å². The maximum atomic E-state index is 12.4. The zero-order valence-electron chi connectivity index (χ0n) is 25.9. The maximum Gasteiger partial charge on any atom is 0.306 e. The molecule has 0 amide bonds. The quantitative estimate of drug-likeness (QED) is 0.0520. The van der Waals surface area contributed by atoms with Crippen molar-refractivity contribution in [2.24, 2.45) is 0 Å². The van der Waals surface area contributed by atoms with Gasteiger partial charge in [0.15, 0.2) is 6.10 Å². The lowest BCUT2D eigenvalue weighted by Gasteiger charge is -2.18. The molecule has 39 heavy (non-hydrogen) atoms. The highest BCUT2D eigenvalue weighted by atomic mass is 16.6. The summed E-state index contributed by atoms with van der Waals surface area (Å²) in [4.78, 5) is 36.8. The third kappa shape index (κ3) is 27.8. The lowest BCUT2D eigenvalue weighted by atomic mass is 10.1. The highest BCUT2D eigenvalue weighted by molar-refractivity contribution is 5.71. The highest BCUT2D eigenvalue weighted by Gasteiger charge is 2.19. The van der Waals surface area contributed by atoms with Crippen LogP contribution in [0.25, 0.3) is 0 Å². The Morgan fingerprint density at radius 3 is 1.03 bits per heavy atom. The van der Waals surface area contributed by atoms with Gasteiger partial charge in [-0.05, 0) is 19.3 Å². The monoisotopic (exact) mass is 554 g/mol. The Hall–Kier alpha value is -1.59. The van der Waals surface area contributed by atoms with E-state index in [9.17, 15) is 14.4 Å². The molecule has 6 heteroatoms. The van der Waals surface area contributed by atoms with E-state index in [-0.39, 0.29) is 31.1 Å². The number of ether oxygens (including phenoxy) is 3. The second kappa shape index (κ2) is 29.4. The van der Waals surface area contributed by atoms with Crippen molar-refractivity contribution < 1.29 is 28.6 Å². The van der Waals surface area contributed by atoms with Crippen molar-refractivity contribution in [1.82, 2.24) is 0 Å². The molecule has 0 aromatic rings. The van der Waals surface area contributed by atoms with Crippen molar-refractivity contribution in [1.29, 1.82) is 0 Å². The van der Waals surface area contributed by atoms with E-state index in [2.05, 4.69) is 20.8 Å². The van der Waals surface area contributed by atoms with E-state index in [0.29, 0.717) is 19.3 Å². The first-order chi connectivity index (χ1) is 19.0. The number of rotatable bonds is 29. The summed E-state index contributed by atoms with van der Waals surface area (Å²) < 4.78 is 16.3. The maximum absolute atomic E-state index is 12.4. The van der Waals surface area contributed by atoms with Gasteiger partial charge in [-0.25, -0.2) is 0 Å². The summed E-state index contributed by atoms with van der Waals surface area (Å²) in [5, 5.41) is 0. The normalized spacial score (nSPS) is 11.8. The average molecular weight is 555 g/mol. The molecule has 6 nitrogen and oxygen atoms in total. The Morgan fingerprint density at radius 1 is 0.410 bits per heavy atom. The SMILES string of the molecule is CCCCCCCCCCCC(=O)OC[C@H](COC(=O)CCCCCCC)OC(=O)CCCCCCCCC. The molecule has 0 aliphatic carbocycles. The summed E-state index contributed by atoms with van der Waals surface area (Å²) in [6.45, 7) is 6.45. The second-order valence-electron chi connectivity index (χ2n) is 11.1. The van der Waals surface area contributed by atoms with Gasteiger partial charge in [-0.1, -0.05) is 136 Å². The number of hydrogen-bond acceptors (Lipinski definition) is 6. The summed E-state index contributed by atoms with van der Waals surface area (Å²) >= 11 is 0. The third-order valence-electron chi connectivity index (χ3n) is 7.11. The summed E-state index contributed by atoms with van der Waals surface area (Å²) in [6, 6.07) is 0. The Labute approximate surface area is 240 Å². The number of hydrogen-bond donors (Lipinski definition) is 0. The van der Waals surface area contributed by atoms with Gasteiger partial charge in [-0.2, -0.15) is 0 Å². The van der Waals surface area contributed by atoms with Crippen molar-refractivity contribution >= 4 is 17.9 Å². The van der Waals surface area contributed by atoms with Crippen LogP contribution in [-0.4, -0.2) is 37.2 Å². The van der Waals surface area contributed by atoms with E-state index >= 15 is 0 Å². The van der Waals surface area contributed by atoms with Gasteiger partial charge >= 0.3 is 17.9 Å². The van der Waals surface area contributed by atoms with E-state index < -0.39 is 6.10 Å². The first-order valence-electron chi connectivity index (χ1n) is 16.5. The zero-order valence-corrected chi connectivity index (χ0v) is 25.9. The first kappa shape index (κ1) is 37.4. The minimum Gasteiger partial charge on any atom is -0.462 e. The van der Waals surface area contributed by atoms with Gasteiger partial charge in [-0.15, -0.1) is 0 Å². The van der Waals surface area contributed by atoms with Crippen molar-refractivity contribution in [2.45, 2.75) is 181 Å². The minimum absolute atomic E-state index is 0.0667. The van der Waals surface area contributed by atoms with Crippen LogP contribution in [-0.2, 0) is 28.6 Å². The van der Waals surface area contributed by atoms with Gasteiger partial charge in [0, 0.05) is 19.3 Å². The summed E-state index contributed by atoms with van der Waals surface area (Å²) in [6.07, 6.45) is 24.1. The van der Waals surface area contributed by atoms with E-state index in [0.717, 1.165) is 64.2 Å². The molecule has 0 aromatic carbocycles. The van der Waals surface area contributed by atoms with Crippen molar-refractivity contribution in [3.63, 3.8) is 0 Å². The number of esters is 3. The highest BCUT2D eigenvalue weighted by Crippen LogP contribution is 2.13. The Kier molecular flexibility index (Phi) is 28.2. The molecule has 0 spiro atoms. The molecule has 0 N–H and O–H groups in total. The Morgan fingerprint density at radius 2 is 0.692 bits per heavy atom. The fraction of sp³-hybridized carbons (Fsp3) is 0.909. The largest absolute Gasteiger partial charge is 0.462 e. The van der Waals surface area contributed by atoms with Gasteiger partial charge in [0.25, 0.3) is 0 Å². The van der Waals surface area contributed by atoms with E-state index in [4.69, 9.17) is 14.2 Å². The molecule has 0 aliphatic rings. The van der Waals surface area contributed by atoms with Crippen molar-refractivity contribution in [2.75, 3.05) is 13.2 Å². The van der Waals surface area contributed by atoms with Gasteiger partial charge in [0.2, 0.25) is 0 Å². The Balaban J connectivity index is 4.32. The van der Waals surface area contributed by atoms with Gasteiger partial charge in [0.1, 0.15) is 13.2 Å². The standard InChI is InChI=1S/C33H62O6/c1-4-7-10-13-15-16-18-20-23-26-32(35)38-29-30(28-37-31(34)25-22-19-12-9-6-3)39-33(36)27-24-21-17-14-11-8-5-2/h30H,4-29H2,1-3H3/t30-/m0/s1. The van der Waals surface area contributed by atoms with Crippen LogP contribution in [0.15, 0.2) is 0 Å². The topological polar surface area (TPSA) is 78.9 Å². The predicted octanol–water partition coefficient (Wildman–Crippen LogP) is 9.41. The molecule has 230 valence electrons. The summed E-state index contributed by atoms with van der Waals surface area (Å²) in [5.74, 6) is -0.895. The van der Waals surface area contributed by atoms with Crippen LogP contribution in [0.5, 0.6) is 0 Å². The second-order valence-corrected chi connectivity index (χ2v) is 11.1. The number of carbonyl (C=O) groups excluding carboxylic acids is 3. The number of carbonyl (C=O) groups is 3. The molecule has 1 atom stereocenters. The van der Waals surface area contributed by atoms with E-state index in [1.54, 1.807) is 0 Å². The van der Waals surface area contributed by atoms with Crippen LogP contribution in [0.1, 0.15) is 175 Å². The van der Waals surface area contributed by atoms with Crippen LogP contribution in [0.4, 0.5) is 0 Å². The molecule has 0 fully saturated rings. The van der Waals surface area contributed by atoms with Gasteiger partial charge in [0.05, 0.1) is 0 Å². The van der Waals surface area contributed by atoms with Gasteiger partial charge < -0.3 is 14.2 Å². The molecular formula is C33H62O6. The van der Waals surface area contributed by atoms with Crippen molar-refractivity contribution in [3.8, 4) is 0 Å². The molecule has 0 saturated heterocycles. The van der Waals surface area contributed by atoms with Crippen molar-refractivity contribution in [3.05, 3.63) is 0 Å². The first-order valence-corrected chi connectivity index (χ1v) is 16.5. The molecule has 0 unspecified atom stereocenters. The summed E-state index contributed by atoms with van der Waals surface area (Å²) in [5.41, 5.74) is 0. The smallest absolute Gasteiger partial charge is 0.306 e.